The number of hydrogen-bond acceptors (Lipinski definition) is 4. The Morgan fingerprint density at radius 2 is 2.00 bits per heavy atom. The number of nitrogens with zero attached hydrogens (tertiary/aromatic N) is 1. The normalized spacial score (nSPS) is 11.7. The number of aliphatic imine (C=N–C) groups is 1. The molecule has 0 amide bonds. The molecule has 0 fully saturated rings. The van der Waals surface area contributed by atoms with Crippen LogP contribution in [0.1, 0.15) is 17.4 Å². The number of hydrogen-bond donors (Lipinski definition) is 3. The first-order valence-corrected chi connectivity index (χ1v) is 11.0. The first kappa shape index (κ1) is 24.2. The van der Waals surface area contributed by atoms with Crippen LogP contribution in [0.4, 0.5) is 0 Å². The number of rotatable bonds is 8. The molecule has 150 valence electrons. The lowest BCUT2D eigenvalue weighted by Crippen LogP contribution is -2.41. The Balaban J connectivity index is 0.00000364. The first-order valence-electron chi connectivity index (χ1n) is 8.22. The van der Waals surface area contributed by atoms with Crippen molar-refractivity contribution in [2.24, 2.45) is 4.99 Å². The highest BCUT2D eigenvalue weighted by atomic mass is 127. The van der Waals surface area contributed by atoms with Crippen LogP contribution < -0.4 is 15.4 Å². The van der Waals surface area contributed by atoms with Gasteiger partial charge in [0.15, 0.2) is 5.96 Å². The van der Waals surface area contributed by atoms with Gasteiger partial charge in [-0.1, -0.05) is 17.7 Å². The molecule has 1 aromatic carbocycles. The molecule has 0 aliphatic rings. The zero-order valence-corrected chi connectivity index (χ0v) is 19.9. The van der Waals surface area contributed by atoms with Crippen LogP contribution in [0.3, 0.4) is 0 Å². The van der Waals surface area contributed by atoms with Crippen molar-refractivity contribution in [1.29, 1.82) is 0 Å². The van der Waals surface area contributed by atoms with Crippen molar-refractivity contribution in [2.75, 3.05) is 19.6 Å². The Kier molecular flexibility index (Phi) is 10.6. The SMILES string of the molecule is CCNC(=NCc1sccc1C)NCCNS(=O)(=O)c1cccc(Cl)c1.I. The number of aryl methyl sites for hydroxylation is 1. The van der Waals surface area contributed by atoms with E-state index in [0.29, 0.717) is 24.1 Å². The summed E-state index contributed by atoms with van der Waals surface area (Å²) in [4.78, 5) is 5.89. The maximum Gasteiger partial charge on any atom is 0.240 e. The predicted octanol–water partition coefficient (Wildman–Crippen LogP) is 3.36. The molecule has 2 rings (SSSR count). The largest absolute Gasteiger partial charge is 0.357 e. The molecule has 2 aromatic rings. The van der Waals surface area contributed by atoms with E-state index in [1.54, 1.807) is 23.5 Å². The quantitative estimate of drug-likeness (QED) is 0.207. The highest BCUT2D eigenvalue weighted by Crippen LogP contribution is 2.16. The van der Waals surface area contributed by atoms with E-state index in [9.17, 15) is 8.42 Å². The summed E-state index contributed by atoms with van der Waals surface area (Å²) in [5.74, 6) is 0.655. The molecule has 0 bridgehead atoms. The smallest absolute Gasteiger partial charge is 0.240 e. The highest BCUT2D eigenvalue weighted by Gasteiger charge is 2.13. The van der Waals surface area contributed by atoms with E-state index in [0.717, 1.165) is 6.54 Å². The van der Waals surface area contributed by atoms with Gasteiger partial charge in [0.1, 0.15) is 0 Å². The van der Waals surface area contributed by atoms with Gasteiger partial charge < -0.3 is 10.6 Å². The van der Waals surface area contributed by atoms with Gasteiger partial charge in [-0.3, -0.25) is 0 Å². The molecule has 0 radical (unpaired) electrons. The second-order valence-corrected chi connectivity index (χ2v) is 8.71. The molecule has 3 N–H and O–H groups in total. The van der Waals surface area contributed by atoms with E-state index >= 15 is 0 Å². The molecular formula is C17H24ClIN4O2S2. The minimum atomic E-state index is -3.58. The fourth-order valence-corrected chi connectivity index (χ4v) is 4.30. The van der Waals surface area contributed by atoms with E-state index in [4.69, 9.17) is 11.6 Å². The Morgan fingerprint density at radius 1 is 1.22 bits per heavy atom. The van der Waals surface area contributed by atoms with Crippen molar-refractivity contribution in [1.82, 2.24) is 15.4 Å². The Hall–Kier alpha value is -0.880. The van der Waals surface area contributed by atoms with Crippen molar-refractivity contribution < 1.29 is 8.42 Å². The molecule has 27 heavy (non-hydrogen) atoms. The Bertz CT molecular complexity index is 856. The Morgan fingerprint density at radius 3 is 2.63 bits per heavy atom. The van der Waals surface area contributed by atoms with Crippen molar-refractivity contribution in [2.45, 2.75) is 25.3 Å². The zero-order valence-electron chi connectivity index (χ0n) is 15.2. The third-order valence-electron chi connectivity index (χ3n) is 3.51. The van der Waals surface area contributed by atoms with E-state index in [1.807, 2.05) is 12.3 Å². The topological polar surface area (TPSA) is 82.6 Å². The molecule has 10 heteroatoms. The van der Waals surface area contributed by atoms with Crippen molar-refractivity contribution >= 4 is 62.9 Å². The summed E-state index contributed by atoms with van der Waals surface area (Å²) in [6, 6.07) is 8.25. The maximum absolute atomic E-state index is 12.2. The van der Waals surface area contributed by atoms with E-state index in [1.165, 1.54) is 22.6 Å². The van der Waals surface area contributed by atoms with Gasteiger partial charge in [0.2, 0.25) is 10.0 Å². The van der Waals surface area contributed by atoms with Crippen molar-refractivity contribution in [3.63, 3.8) is 0 Å². The molecule has 0 saturated heterocycles. The molecule has 0 atom stereocenters. The summed E-state index contributed by atoms with van der Waals surface area (Å²) in [5, 5.41) is 8.71. The second-order valence-electron chi connectivity index (χ2n) is 5.50. The number of nitrogens with one attached hydrogen (secondary N) is 3. The minimum absolute atomic E-state index is 0. The van der Waals surface area contributed by atoms with Crippen LogP contribution in [0.5, 0.6) is 0 Å². The third kappa shape index (κ3) is 7.94. The first-order chi connectivity index (χ1) is 12.4. The molecule has 6 nitrogen and oxygen atoms in total. The fourth-order valence-electron chi connectivity index (χ4n) is 2.14. The summed E-state index contributed by atoms with van der Waals surface area (Å²) < 4.78 is 27.0. The monoisotopic (exact) mass is 542 g/mol. The minimum Gasteiger partial charge on any atom is -0.357 e. The standard InChI is InChI=1S/C17H23ClN4O2S2.HI/c1-3-19-17(21-12-16-13(2)7-10-25-16)20-8-9-22-26(23,24)15-6-4-5-14(18)11-15;/h4-7,10-11,22H,3,8-9,12H2,1-2H3,(H2,19,20,21);1H. The van der Waals surface area contributed by atoms with Crippen molar-refractivity contribution in [3.05, 3.63) is 51.2 Å². The lowest BCUT2D eigenvalue weighted by molar-refractivity contribution is 0.580. The van der Waals surface area contributed by atoms with Gasteiger partial charge in [-0.05, 0) is 49.1 Å². The molecule has 0 aliphatic carbocycles. The number of benzene rings is 1. The molecule has 0 saturated carbocycles. The zero-order chi connectivity index (χ0) is 19.0. The average molecular weight is 543 g/mol. The number of halogens is 2. The van der Waals surface area contributed by atoms with Crippen LogP contribution in [0, 0.1) is 6.92 Å². The van der Waals surface area contributed by atoms with Crippen LogP contribution in [0.25, 0.3) is 0 Å². The highest BCUT2D eigenvalue weighted by molar-refractivity contribution is 14.0. The maximum atomic E-state index is 12.2. The van der Waals surface area contributed by atoms with E-state index in [2.05, 4.69) is 33.3 Å². The summed E-state index contributed by atoms with van der Waals surface area (Å²) in [6.07, 6.45) is 0. The lowest BCUT2D eigenvalue weighted by Gasteiger charge is -2.12. The third-order valence-corrected chi connectivity index (χ3v) is 6.21. The van der Waals surface area contributed by atoms with Gasteiger partial charge in [-0.25, -0.2) is 18.1 Å². The van der Waals surface area contributed by atoms with Gasteiger partial charge in [0.05, 0.1) is 11.4 Å². The van der Waals surface area contributed by atoms with Crippen LogP contribution in [-0.2, 0) is 16.6 Å². The number of thiophene rings is 1. The van der Waals surface area contributed by atoms with Gasteiger partial charge in [-0.15, -0.1) is 35.3 Å². The van der Waals surface area contributed by atoms with Crippen LogP contribution in [0.15, 0.2) is 45.6 Å². The van der Waals surface area contributed by atoms with Crippen LogP contribution in [-0.4, -0.2) is 34.0 Å². The number of guanidine groups is 1. The molecule has 0 aliphatic heterocycles. The summed E-state index contributed by atoms with van der Waals surface area (Å²) in [5.41, 5.74) is 1.23. The van der Waals surface area contributed by atoms with Crippen molar-refractivity contribution in [3.8, 4) is 0 Å². The summed E-state index contributed by atoms with van der Waals surface area (Å²) >= 11 is 7.52. The molecule has 0 unspecified atom stereocenters. The Labute approximate surface area is 186 Å². The van der Waals surface area contributed by atoms with Gasteiger partial charge in [-0.2, -0.15) is 0 Å². The van der Waals surface area contributed by atoms with Crippen LogP contribution >= 0.6 is 46.9 Å². The number of sulfonamides is 1. The van der Waals surface area contributed by atoms with Gasteiger partial charge in [0, 0.05) is 29.5 Å². The second kappa shape index (κ2) is 11.8. The predicted molar refractivity (Wildman–Crippen MR) is 124 cm³/mol. The molecule has 0 spiro atoms. The average Bonchev–Trinajstić information content (AvgIpc) is 3.01. The van der Waals surface area contributed by atoms with E-state index < -0.39 is 10.0 Å². The summed E-state index contributed by atoms with van der Waals surface area (Å²) in [7, 11) is -3.58. The lowest BCUT2D eigenvalue weighted by atomic mass is 10.3. The van der Waals surface area contributed by atoms with Crippen LogP contribution in [0.2, 0.25) is 5.02 Å². The van der Waals surface area contributed by atoms with Gasteiger partial charge >= 0.3 is 0 Å². The van der Waals surface area contributed by atoms with E-state index in [-0.39, 0.29) is 35.4 Å². The molecule has 1 heterocycles. The molecular weight excluding hydrogens is 519 g/mol. The fraction of sp³-hybridized carbons (Fsp3) is 0.353. The summed E-state index contributed by atoms with van der Waals surface area (Å²) in [6.45, 7) is 6.00. The van der Waals surface area contributed by atoms with Gasteiger partial charge in [0.25, 0.3) is 0 Å². The molecule has 1 aromatic heterocycles.